The van der Waals surface area contributed by atoms with Crippen molar-refractivity contribution in [3.05, 3.63) is 23.9 Å². The molecule has 1 aliphatic rings. The van der Waals surface area contributed by atoms with Crippen LogP contribution in [-0.2, 0) is 11.2 Å². The summed E-state index contributed by atoms with van der Waals surface area (Å²) >= 11 is 0. The van der Waals surface area contributed by atoms with Crippen LogP contribution in [0.3, 0.4) is 0 Å². The fourth-order valence-corrected chi connectivity index (χ4v) is 2.46. The molecule has 0 bridgehead atoms. The van der Waals surface area contributed by atoms with Crippen LogP contribution in [0.1, 0.15) is 26.3 Å². The maximum atomic E-state index is 5.79. The summed E-state index contributed by atoms with van der Waals surface area (Å²) in [5.41, 5.74) is 6.98. The zero-order chi connectivity index (χ0) is 13.1. The van der Waals surface area contributed by atoms with Gasteiger partial charge in [0, 0.05) is 25.3 Å². The van der Waals surface area contributed by atoms with Crippen LogP contribution in [-0.4, -0.2) is 36.3 Å². The minimum absolute atomic E-state index is 0.182. The quantitative estimate of drug-likeness (QED) is 0.883. The predicted molar refractivity (Wildman–Crippen MR) is 73.8 cm³/mol. The summed E-state index contributed by atoms with van der Waals surface area (Å²) in [6.07, 6.45) is 3.34. The minimum Gasteiger partial charge on any atom is -0.372 e. The molecule has 1 aromatic heterocycles. The minimum atomic E-state index is 0.182. The number of nitrogens with zero attached hydrogens (tertiary/aromatic N) is 2. The number of morpholine rings is 1. The molecule has 1 aliphatic heterocycles. The average molecular weight is 249 g/mol. The third-order valence-electron chi connectivity index (χ3n) is 3.11. The Bertz CT molecular complexity index is 367. The maximum Gasteiger partial charge on any atom is 0.128 e. The molecular weight excluding hydrogens is 226 g/mol. The molecule has 0 aliphatic carbocycles. The van der Waals surface area contributed by atoms with Gasteiger partial charge in [0.25, 0.3) is 0 Å². The van der Waals surface area contributed by atoms with Gasteiger partial charge < -0.3 is 15.4 Å². The number of nitrogens with two attached hydrogens (primary N) is 1. The van der Waals surface area contributed by atoms with Crippen molar-refractivity contribution in [3.63, 3.8) is 0 Å². The van der Waals surface area contributed by atoms with E-state index in [2.05, 4.69) is 35.9 Å². The van der Waals surface area contributed by atoms with E-state index in [9.17, 15) is 0 Å². The van der Waals surface area contributed by atoms with E-state index < -0.39 is 0 Å². The Morgan fingerprint density at radius 1 is 1.39 bits per heavy atom. The Hall–Kier alpha value is -1.13. The largest absolute Gasteiger partial charge is 0.372 e. The van der Waals surface area contributed by atoms with Crippen LogP contribution in [0.4, 0.5) is 5.82 Å². The van der Waals surface area contributed by atoms with Crippen LogP contribution < -0.4 is 10.6 Å². The van der Waals surface area contributed by atoms with E-state index in [0.717, 1.165) is 25.3 Å². The van der Waals surface area contributed by atoms with Crippen molar-refractivity contribution in [2.75, 3.05) is 18.0 Å². The maximum absolute atomic E-state index is 5.79. The fraction of sp³-hybridized carbons (Fsp3) is 0.643. The zero-order valence-electron chi connectivity index (χ0n) is 11.5. The van der Waals surface area contributed by atoms with Gasteiger partial charge in [-0.1, -0.05) is 6.07 Å². The molecule has 18 heavy (non-hydrogen) atoms. The monoisotopic (exact) mass is 249 g/mol. The number of ether oxygens (including phenoxy) is 1. The smallest absolute Gasteiger partial charge is 0.128 e. The molecule has 2 N–H and O–H groups in total. The topological polar surface area (TPSA) is 51.4 Å². The summed E-state index contributed by atoms with van der Waals surface area (Å²) in [5, 5.41) is 0. The van der Waals surface area contributed by atoms with Gasteiger partial charge in [-0.15, -0.1) is 0 Å². The van der Waals surface area contributed by atoms with Crippen LogP contribution in [0, 0.1) is 0 Å². The zero-order valence-corrected chi connectivity index (χ0v) is 11.5. The SMILES string of the molecule is CC(N)Cc1ccc(N2CC(C)OC(C)C2)nc1. The summed E-state index contributed by atoms with van der Waals surface area (Å²) < 4.78 is 5.73. The molecule has 0 radical (unpaired) electrons. The average Bonchev–Trinajstić information content (AvgIpc) is 2.27. The Balaban J connectivity index is 2.04. The van der Waals surface area contributed by atoms with Crippen molar-refractivity contribution < 1.29 is 4.74 Å². The van der Waals surface area contributed by atoms with E-state index in [-0.39, 0.29) is 18.2 Å². The molecule has 0 spiro atoms. The van der Waals surface area contributed by atoms with Crippen LogP contribution in [0.15, 0.2) is 18.3 Å². The molecule has 3 atom stereocenters. The van der Waals surface area contributed by atoms with Crippen LogP contribution in [0.2, 0.25) is 0 Å². The van der Waals surface area contributed by atoms with Gasteiger partial charge in [-0.25, -0.2) is 4.98 Å². The first-order valence-electron chi connectivity index (χ1n) is 6.65. The van der Waals surface area contributed by atoms with Crippen molar-refractivity contribution in [3.8, 4) is 0 Å². The van der Waals surface area contributed by atoms with Crippen LogP contribution >= 0.6 is 0 Å². The van der Waals surface area contributed by atoms with E-state index >= 15 is 0 Å². The lowest BCUT2D eigenvalue weighted by Gasteiger charge is -2.36. The van der Waals surface area contributed by atoms with Crippen LogP contribution in [0.25, 0.3) is 0 Å². The lowest BCUT2D eigenvalue weighted by atomic mass is 10.1. The van der Waals surface area contributed by atoms with Crippen molar-refractivity contribution in [1.29, 1.82) is 0 Å². The molecule has 0 saturated carbocycles. The van der Waals surface area contributed by atoms with E-state index in [1.54, 1.807) is 0 Å². The Labute approximate surface area is 109 Å². The van der Waals surface area contributed by atoms with Crippen LogP contribution in [0.5, 0.6) is 0 Å². The molecule has 0 aromatic carbocycles. The molecule has 1 saturated heterocycles. The number of rotatable bonds is 3. The van der Waals surface area contributed by atoms with Crippen molar-refractivity contribution in [2.45, 2.75) is 45.4 Å². The van der Waals surface area contributed by atoms with Gasteiger partial charge in [0.2, 0.25) is 0 Å². The molecule has 4 heteroatoms. The van der Waals surface area contributed by atoms with E-state index in [1.165, 1.54) is 5.56 Å². The number of hydrogen-bond acceptors (Lipinski definition) is 4. The van der Waals surface area contributed by atoms with Gasteiger partial charge in [0.15, 0.2) is 0 Å². The van der Waals surface area contributed by atoms with E-state index in [4.69, 9.17) is 10.5 Å². The number of anilines is 1. The van der Waals surface area contributed by atoms with E-state index in [0.29, 0.717) is 0 Å². The molecule has 2 heterocycles. The lowest BCUT2D eigenvalue weighted by Crippen LogP contribution is -2.45. The second kappa shape index (κ2) is 5.67. The first-order valence-corrected chi connectivity index (χ1v) is 6.65. The highest BCUT2D eigenvalue weighted by Crippen LogP contribution is 2.18. The van der Waals surface area contributed by atoms with Gasteiger partial charge in [-0.05, 0) is 38.8 Å². The third-order valence-corrected chi connectivity index (χ3v) is 3.11. The second-order valence-electron chi connectivity index (χ2n) is 5.37. The van der Waals surface area contributed by atoms with Gasteiger partial charge in [-0.3, -0.25) is 0 Å². The molecule has 1 fully saturated rings. The Kier molecular flexibility index (Phi) is 4.19. The lowest BCUT2D eigenvalue weighted by molar-refractivity contribution is -0.00545. The molecule has 2 rings (SSSR count). The van der Waals surface area contributed by atoms with Gasteiger partial charge in [0.1, 0.15) is 5.82 Å². The number of pyridine rings is 1. The fourth-order valence-electron chi connectivity index (χ4n) is 2.46. The highest BCUT2D eigenvalue weighted by molar-refractivity contribution is 5.40. The van der Waals surface area contributed by atoms with Crippen molar-refractivity contribution in [2.24, 2.45) is 5.73 Å². The Morgan fingerprint density at radius 3 is 2.56 bits per heavy atom. The number of hydrogen-bond donors (Lipinski definition) is 1. The summed E-state index contributed by atoms with van der Waals surface area (Å²) in [6, 6.07) is 4.39. The first kappa shape index (κ1) is 13.3. The molecule has 3 unspecified atom stereocenters. The summed E-state index contributed by atoms with van der Waals surface area (Å²) in [5.74, 6) is 1.03. The van der Waals surface area contributed by atoms with E-state index in [1.807, 2.05) is 13.1 Å². The molecule has 1 aromatic rings. The standard InChI is InChI=1S/C14H23N3O/c1-10(15)6-13-4-5-14(16-7-13)17-8-11(2)18-12(3)9-17/h4-5,7,10-12H,6,8-9,15H2,1-3H3. The first-order chi connectivity index (χ1) is 8.54. The summed E-state index contributed by atoms with van der Waals surface area (Å²) in [6.45, 7) is 8.04. The third kappa shape index (κ3) is 3.43. The summed E-state index contributed by atoms with van der Waals surface area (Å²) in [4.78, 5) is 6.83. The van der Waals surface area contributed by atoms with Gasteiger partial charge in [0.05, 0.1) is 12.2 Å². The normalized spacial score (nSPS) is 26.1. The highest BCUT2D eigenvalue weighted by atomic mass is 16.5. The predicted octanol–water partition coefficient (Wildman–Crippen LogP) is 1.58. The van der Waals surface area contributed by atoms with Crippen molar-refractivity contribution >= 4 is 5.82 Å². The molecule has 100 valence electrons. The van der Waals surface area contributed by atoms with Gasteiger partial charge >= 0.3 is 0 Å². The molecule has 4 nitrogen and oxygen atoms in total. The summed E-state index contributed by atoms with van der Waals surface area (Å²) in [7, 11) is 0. The molecule has 0 amide bonds. The molecular formula is C14H23N3O. The second-order valence-corrected chi connectivity index (χ2v) is 5.37. The Morgan fingerprint density at radius 2 is 2.06 bits per heavy atom. The van der Waals surface area contributed by atoms with Crippen molar-refractivity contribution in [1.82, 2.24) is 4.98 Å². The highest BCUT2D eigenvalue weighted by Gasteiger charge is 2.22. The number of aromatic nitrogens is 1. The van der Waals surface area contributed by atoms with Gasteiger partial charge in [-0.2, -0.15) is 0 Å².